The van der Waals surface area contributed by atoms with Crippen molar-refractivity contribution in [3.05, 3.63) is 41.4 Å². The Bertz CT molecular complexity index is 827. The molecule has 2 heterocycles. The van der Waals surface area contributed by atoms with Gasteiger partial charge in [0.05, 0.1) is 21.1 Å². The van der Waals surface area contributed by atoms with Gasteiger partial charge in [-0.05, 0) is 44.2 Å². The van der Waals surface area contributed by atoms with E-state index in [0.29, 0.717) is 6.54 Å². The summed E-state index contributed by atoms with van der Waals surface area (Å²) in [6, 6.07) is 8.14. The summed E-state index contributed by atoms with van der Waals surface area (Å²) in [6.07, 6.45) is 8.54. The standard InChI is InChI=1S/C21H24N2O3S/c24-19(14-26-21(25)15-7-2-1-3-8-15)23-12-6-9-16(13-23)20-22-17-10-4-5-11-18(17)27-20/h1-2,4-5,10-11,15-16H,3,6-9,12-14H2/t15-,16-/m1/s1. The number of para-hydroxylation sites is 1. The number of hydrogen-bond donors (Lipinski definition) is 0. The fraction of sp³-hybridized carbons (Fsp3) is 0.476. The first kappa shape index (κ1) is 18.2. The highest BCUT2D eigenvalue weighted by Crippen LogP contribution is 2.33. The molecular weight excluding hydrogens is 360 g/mol. The number of thiazole rings is 1. The molecule has 27 heavy (non-hydrogen) atoms. The maximum Gasteiger partial charge on any atom is 0.309 e. The predicted molar refractivity (Wildman–Crippen MR) is 106 cm³/mol. The lowest BCUT2D eigenvalue weighted by Crippen LogP contribution is -2.41. The van der Waals surface area contributed by atoms with Gasteiger partial charge in [0.1, 0.15) is 0 Å². The van der Waals surface area contributed by atoms with Gasteiger partial charge >= 0.3 is 5.97 Å². The number of rotatable bonds is 4. The number of allylic oxidation sites excluding steroid dienone is 2. The number of piperidine rings is 1. The molecule has 2 aromatic rings. The smallest absolute Gasteiger partial charge is 0.309 e. The molecule has 0 saturated carbocycles. The molecule has 5 nitrogen and oxygen atoms in total. The van der Waals surface area contributed by atoms with Crippen molar-refractivity contribution < 1.29 is 14.3 Å². The third kappa shape index (κ3) is 4.21. The van der Waals surface area contributed by atoms with Crippen LogP contribution in [0.1, 0.15) is 43.0 Å². The van der Waals surface area contributed by atoms with E-state index >= 15 is 0 Å². The van der Waals surface area contributed by atoms with E-state index in [4.69, 9.17) is 9.72 Å². The normalized spacial score (nSPS) is 22.7. The Morgan fingerprint density at radius 1 is 1.22 bits per heavy atom. The van der Waals surface area contributed by atoms with Crippen LogP contribution in [0.3, 0.4) is 0 Å². The summed E-state index contributed by atoms with van der Waals surface area (Å²) in [6.45, 7) is 1.23. The van der Waals surface area contributed by atoms with Crippen molar-refractivity contribution in [2.75, 3.05) is 19.7 Å². The average Bonchev–Trinajstić information content (AvgIpc) is 3.17. The monoisotopic (exact) mass is 384 g/mol. The minimum atomic E-state index is -0.243. The molecule has 0 spiro atoms. The Labute approximate surface area is 163 Å². The van der Waals surface area contributed by atoms with Crippen LogP contribution >= 0.6 is 11.3 Å². The van der Waals surface area contributed by atoms with Gasteiger partial charge in [0.25, 0.3) is 5.91 Å². The fourth-order valence-electron chi connectivity index (χ4n) is 3.82. The van der Waals surface area contributed by atoms with Crippen molar-refractivity contribution in [2.45, 2.75) is 38.0 Å². The van der Waals surface area contributed by atoms with Crippen LogP contribution in [0.15, 0.2) is 36.4 Å². The maximum absolute atomic E-state index is 12.6. The summed E-state index contributed by atoms with van der Waals surface area (Å²) >= 11 is 1.71. The van der Waals surface area contributed by atoms with Gasteiger partial charge in [-0.3, -0.25) is 9.59 Å². The second kappa shape index (κ2) is 8.21. The van der Waals surface area contributed by atoms with E-state index in [1.54, 1.807) is 11.3 Å². The number of aromatic nitrogens is 1. The first-order valence-electron chi connectivity index (χ1n) is 9.65. The van der Waals surface area contributed by atoms with E-state index < -0.39 is 0 Å². The molecule has 4 rings (SSSR count). The van der Waals surface area contributed by atoms with Crippen LogP contribution in [-0.4, -0.2) is 41.5 Å². The van der Waals surface area contributed by atoms with E-state index in [1.165, 1.54) is 4.70 Å². The number of fused-ring (bicyclic) bond motifs is 1. The van der Waals surface area contributed by atoms with E-state index in [2.05, 4.69) is 12.1 Å². The van der Waals surface area contributed by atoms with Crippen molar-refractivity contribution in [3.63, 3.8) is 0 Å². The molecule has 1 aliphatic heterocycles. The number of likely N-dealkylation sites (tertiary alicyclic amines) is 1. The van der Waals surface area contributed by atoms with Gasteiger partial charge in [-0.25, -0.2) is 4.98 Å². The Balaban J connectivity index is 1.34. The second-order valence-electron chi connectivity index (χ2n) is 7.29. The quantitative estimate of drug-likeness (QED) is 0.592. The summed E-state index contributed by atoms with van der Waals surface area (Å²) in [4.78, 5) is 31.3. The van der Waals surface area contributed by atoms with Crippen molar-refractivity contribution in [1.29, 1.82) is 0 Å². The molecule has 0 unspecified atom stereocenters. The minimum absolute atomic E-state index is 0.0967. The van der Waals surface area contributed by atoms with Gasteiger partial charge in [0.2, 0.25) is 0 Å². The van der Waals surface area contributed by atoms with Gasteiger partial charge in [-0.15, -0.1) is 11.3 Å². The third-order valence-corrected chi connectivity index (χ3v) is 6.57. The lowest BCUT2D eigenvalue weighted by atomic mass is 9.95. The molecule has 1 aliphatic carbocycles. The highest BCUT2D eigenvalue weighted by Gasteiger charge is 2.28. The van der Waals surface area contributed by atoms with Crippen molar-refractivity contribution in [3.8, 4) is 0 Å². The molecule has 1 aromatic carbocycles. The van der Waals surface area contributed by atoms with E-state index in [9.17, 15) is 9.59 Å². The second-order valence-corrected chi connectivity index (χ2v) is 8.35. The van der Waals surface area contributed by atoms with Crippen LogP contribution in [0.2, 0.25) is 0 Å². The molecular formula is C21H24N2O3S. The zero-order valence-electron chi connectivity index (χ0n) is 15.3. The lowest BCUT2D eigenvalue weighted by Gasteiger charge is -2.31. The number of hydrogen-bond acceptors (Lipinski definition) is 5. The number of carbonyl (C=O) groups excluding carboxylic acids is 2. The zero-order chi connectivity index (χ0) is 18.6. The molecule has 1 aromatic heterocycles. The Kier molecular flexibility index (Phi) is 5.53. The molecule has 0 N–H and O–H groups in total. The topological polar surface area (TPSA) is 59.5 Å². The largest absolute Gasteiger partial charge is 0.455 e. The summed E-state index contributed by atoms with van der Waals surface area (Å²) in [5.41, 5.74) is 1.02. The third-order valence-electron chi connectivity index (χ3n) is 5.37. The van der Waals surface area contributed by atoms with Crippen LogP contribution in [0.25, 0.3) is 10.2 Å². The summed E-state index contributed by atoms with van der Waals surface area (Å²) in [5, 5.41) is 1.10. The predicted octanol–water partition coefficient (Wildman–Crippen LogP) is 3.90. The number of nitrogens with zero attached hydrogens (tertiary/aromatic N) is 2. The van der Waals surface area contributed by atoms with E-state index in [1.807, 2.05) is 29.2 Å². The highest BCUT2D eigenvalue weighted by atomic mass is 32.1. The summed E-state index contributed by atoms with van der Waals surface area (Å²) in [5.74, 6) is -0.174. The molecule has 6 heteroatoms. The van der Waals surface area contributed by atoms with Crippen molar-refractivity contribution in [2.24, 2.45) is 5.92 Å². The maximum atomic E-state index is 12.6. The summed E-state index contributed by atoms with van der Waals surface area (Å²) < 4.78 is 6.49. The molecule has 142 valence electrons. The molecule has 0 bridgehead atoms. The van der Waals surface area contributed by atoms with E-state index in [0.717, 1.165) is 49.2 Å². The first-order chi connectivity index (χ1) is 13.2. The SMILES string of the molecule is O=C(OCC(=O)N1CCC[C@@H](c2nc3ccccc3s2)C1)[C@@H]1CC=CCC1. The summed E-state index contributed by atoms with van der Waals surface area (Å²) in [7, 11) is 0. The van der Waals surface area contributed by atoms with E-state index in [-0.39, 0.29) is 30.3 Å². The molecule has 1 saturated heterocycles. The van der Waals surface area contributed by atoms with Crippen LogP contribution < -0.4 is 0 Å². The molecule has 2 aliphatic rings. The molecule has 1 fully saturated rings. The molecule has 0 radical (unpaired) electrons. The van der Waals surface area contributed by atoms with Crippen molar-refractivity contribution >= 4 is 33.4 Å². The van der Waals surface area contributed by atoms with Gasteiger partial charge in [0, 0.05) is 19.0 Å². The zero-order valence-corrected chi connectivity index (χ0v) is 16.1. The Morgan fingerprint density at radius 2 is 2.11 bits per heavy atom. The highest BCUT2D eigenvalue weighted by molar-refractivity contribution is 7.18. The van der Waals surface area contributed by atoms with Crippen LogP contribution in [0.5, 0.6) is 0 Å². The Hall–Kier alpha value is -2.21. The van der Waals surface area contributed by atoms with Crippen LogP contribution in [0.4, 0.5) is 0 Å². The molecule has 1 amide bonds. The Morgan fingerprint density at radius 3 is 2.93 bits per heavy atom. The van der Waals surface area contributed by atoms with Gasteiger partial charge in [0.15, 0.2) is 6.61 Å². The van der Waals surface area contributed by atoms with Gasteiger partial charge in [-0.2, -0.15) is 0 Å². The first-order valence-corrected chi connectivity index (χ1v) is 10.5. The number of carbonyl (C=O) groups is 2. The number of esters is 1. The molecule has 2 atom stereocenters. The van der Waals surface area contributed by atoms with Gasteiger partial charge in [-0.1, -0.05) is 24.3 Å². The van der Waals surface area contributed by atoms with Crippen molar-refractivity contribution in [1.82, 2.24) is 9.88 Å². The average molecular weight is 385 g/mol. The number of amides is 1. The van der Waals surface area contributed by atoms with Crippen LogP contribution in [-0.2, 0) is 14.3 Å². The van der Waals surface area contributed by atoms with Crippen LogP contribution in [0, 0.1) is 5.92 Å². The lowest BCUT2D eigenvalue weighted by molar-refractivity contribution is -0.156. The fourth-order valence-corrected chi connectivity index (χ4v) is 4.91. The minimum Gasteiger partial charge on any atom is -0.455 e. The van der Waals surface area contributed by atoms with Gasteiger partial charge < -0.3 is 9.64 Å². The number of ether oxygens (including phenoxy) is 1. The number of benzene rings is 1.